The number of carbonyl (C=O) groups excluding carboxylic acids is 2. The van der Waals surface area contributed by atoms with Gasteiger partial charge >= 0.3 is 12.2 Å². The number of nitrogens with zero attached hydrogens (tertiary/aromatic N) is 2. The Morgan fingerprint density at radius 2 is 1.85 bits per heavy atom. The molecule has 0 aliphatic carbocycles. The average molecular weight is 360 g/mol. The highest BCUT2D eigenvalue weighted by atomic mass is 16.6. The number of rotatable bonds is 2. The Morgan fingerprint density at radius 1 is 1.12 bits per heavy atom. The molecule has 0 N–H and O–H groups in total. The average Bonchev–Trinajstić information content (AvgIpc) is 3.03. The fourth-order valence-electron chi connectivity index (χ4n) is 3.69. The molecular formula is C20H28N2O4. The molecule has 142 valence electrons. The van der Waals surface area contributed by atoms with E-state index in [9.17, 15) is 9.59 Å². The smallest absolute Gasteiger partial charge is 0.410 e. The topological polar surface area (TPSA) is 59.1 Å². The second kappa shape index (κ2) is 7.56. The van der Waals surface area contributed by atoms with Gasteiger partial charge in [-0.2, -0.15) is 0 Å². The van der Waals surface area contributed by atoms with Crippen molar-refractivity contribution >= 4 is 12.2 Å². The number of piperidine rings is 1. The Balaban J connectivity index is 1.58. The summed E-state index contributed by atoms with van der Waals surface area (Å²) in [7, 11) is 0. The first kappa shape index (κ1) is 18.5. The molecule has 2 aliphatic rings. The molecular weight excluding hydrogens is 332 g/mol. The Bertz CT molecular complexity index is 641. The van der Waals surface area contributed by atoms with Gasteiger partial charge in [0.2, 0.25) is 0 Å². The summed E-state index contributed by atoms with van der Waals surface area (Å²) in [5.74, 6) is 0.292. The lowest BCUT2D eigenvalue weighted by molar-refractivity contribution is 0.00608. The molecule has 1 aromatic rings. The second-order valence-corrected chi connectivity index (χ2v) is 8.09. The van der Waals surface area contributed by atoms with Gasteiger partial charge in [-0.1, -0.05) is 30.3 Å². The van der Waals surface area contributed by atoms with Crippen LogP contribution >= 0.6 is 0 Å². The highest BCUT2D eigenvalue weighted by molar-refractivity contribution is 5.70. The molecule has 0 aromatic heterocycles. The second-order valence-electron chi connectivity index (χ2n) is 8.09. The molecule has 6 heteroatoms. The van der Waals surface area contributed by atoms with E-state index in [-0.39, 0.29) is 24.8 Å². The van der Waals surface area contributed by atoms with E-state index in [4.69, 9.17) is 9.47 Å². The summed E-state index contributed by atoms with van der Waals surface area (Å²) in [4.78, 5) is 28.5. The van der Waals surface area contributed by atoms with Crippen LogP contribution < -0.4 is 0 Å². The molecule has 2 fully saturated rings. The molecule has 0 bridgehead atoms. The molecule has 1 aromatic carbocycles. The van der Waals surface area contributed by atoms with Gasteiger partial charge in [-0.15, -0.1) is 0 Å². The maximum atomic E-state index is 12.5. The number of hydrogen-bond donors (Lipinski definition) is 0. The number of amides is 2. The van der Waals surface area contributed by atoms with Crippen LogP contribution in [0.3, 0.4) is 0 Å². The van der Waals surface area contributed by atoms with Crippen molar-refractivity contribution in [3.8, 4) is 0 Å². The number of fused-ring (bicyclic) bond motifs is 1. The summed E-state index contributed by atoms with van der Waals surface area (Å²) in [6.07, 6.45) is 1.36. The van der Waals surface area contributed by atoms with Crippen molar-refractivity contribution in [1.82, 2.24) is 9.80 Å². The van der Waals surface area contributed by atoms with E-state index in [1.54, 1.807) is 9.80 Å². The highest BCUT2D eigenvalue weighted by Crippen LogP contribution is 2.32. The van der Waals surface area contributed by atoms with Crippen molar-refractivity contribution in [2.75, 3.05) is 19.6 Å². The number of ether oxygens (including phenoxy) is 2. The minimum Gasteiger partial charge on any atom is -0.445 e. The quantitative estimate of drug-likeness (QED) is 0.808. The summed E-state index contributed by atoms with van der Waals surface area (Å²) in [5, 5.41) is 0. The molecule has 0 spiro atoms. The van der Waals surface area contributed by atoms with Crippen molar-refractivity contribution in [2.24, 2.45) is 5.92 Å². The van der Waals surface area contributed by atoms with Gasteiger partial charge in [0, 0.05) is 19.6 Å². The van der Waals surface area contributed by atoms with E-state index in [2.05, 4.69) is 0 Å². The van der Waals surface area contributed by atoms with Crippen LogP contribution in [0, 0.1) is 5.92 Å². The van der Waals surface area contributed by atoms with Crippen LogP contribution in [0.25, 0.3) is 0 Å². The molecule has 0 radical (unpaired) electrons. The Hall–Kier alpha value is -2.24. The van der Waals surface area contributed by atoms with Gasteiger partial charge < -0.3 is 19.3 Å². The predicted octanol–water partition coefficient (Wildman–Crippen LogP) is 3.65. The van der Waals surface area contributed by atoms with Crippen molar-refractivity contribution in [1.29, 1.82) is 0 Å². The molecule has 3 rings (SSSR count). The van der Waals surface area contributed by atoms with Crippen LogP contribution in [-0.2, 0) is 16.1 Å². The van der Waals surface area contributed by atoms with Crippen molar-refractivity contribution < 1.29 is 19.1 Å². The maximum absolute atomic E-state index is 12.5. The predicted molar refractivity (Wildman–Crippen MR) is 97.7 cm³/mol. The van der Waals surface area contributed by atoms with Gasteiger partial charge in [-0.25, -0.2) is 9.59 Å². The molecule has 2 aliphatic heterocycles. The Morgan fingerprint density at radius 3 is 2.54 bits per heavy atom. The maximum Gasteiger partial charge on any atom is 0.410 e. The fraction of sp³-hybridized carbons (Fsp3) is 0.600. The first-order valence-electron chi connectivity index (χ1n) is 9.29. The molecule has 2 amide bonds. The van der Waals surface area contributed by atoms with E-state index in [0.29, 0.717) is 25.6 Å². The fourth-order valence-corrected chi connectivity index (χ4v) is 3.69. The first-order valence-corrected chi connectivity index (χ1v) is 9.29. The third kappa shape index (κ3) is 4.48. The van der Waals surface area contributed by atoms with Crippen molar-refractivity contribution in [3.05, 3.63) is 35.9 Å². The van der Waals surface area contributed by atoms with Crippen LogP contribution in [0.5, 0.6) is 0 Å². The van der Waals surface area contributed by atoms with Gasteiger partial charge in [-0.05, 0) is 45.1 Å². The van der Waals surface area contributed by atoms with Gasteiger partial charge in [-0.3, -0.25) is 0 Å². The van der Waals surface area contributed by atoms with Crippen molar-refractivity contribution in [2.45, 2.75) is 51.9 Å². The zero-order chi connectivity index (χ0) is 18.7. The highest BCUT2D eigenvalue weighted by Gasteiger charge is 2.44. The summed E-state index contributed by atoms with van der Waals surface area (Å²) in [6.45, 7) is 7.70. The lowest BCUT2D eigenvalue weighted by Gasteiger charge is -2.37. The van der Waals surface area contributed by atoms with E-state index in [1.807, 2.05) is 51.1 Å². The number of carbonyl (C=O) groups is 2. The largest absolute Gasteiger partial charge is 0.445 e. The summed E-state index contributed by atoms with van der Waals surface area (Å²) >= 11 is 0. The molecule has 0 saturated carbocycles. The summed E-state index contributed by atoms with van der Waals surface area (Å²) < 4.78 is 11.0. The zero-order valence-electron chi connectivity index (χ0n) is 15.8. The molecule has 2 heterocycles. The van der Waals surface area contributed by atoms with E-state index in [0.717, 1.165) is 18.4 Å². The minimum absolute atomic E-state index is 0.0166. The lowest BCUT2D eigenvalue weighted by Crippen LogP contribution is -2.50. The first-order chi connectivity index (χ1) is 12.3. The normalized spacial score (nSPS) is 22.7. The molecule has 26 heavy (non-hydrogen) atoms. The summed E-state index contributed by atoms with van der Waals surface area (Å²) in [6, 6.07) is 9.66. The lowest BCUT2D eigenvalue weighted by atomic mass is 9.92. The monoisotopic (exact) mass is 360 g/mol. The SMILES string of the molecule is CC(C)(C)OC(=O)N1CCC[C@@H]2CN(C(=O)OCc3ccccc3)C[C@@H]21. The van der Waals surface area contributed by atoms with Gasteiger partial charge in [0.1, 0.15) is 12.2 Å². The minimum atomic E-state index is -0.517. The van der Waals surface area contributed by atoms with Gasteiger partial charge in [0.15, 0.2) is 0 Å². The van der Waals surface area contributed by atoms with E-state index >= 15 is 0 Å². The molecule has 2 atom stereocenters. The third-order valence-corrected chi connectivity index (χ3v) is 4.87. The van der Waals surface area contributed by atoms with E-state index < -0.39 is 5.60 Å². The van der Waals surface area contributed by atoms with Crippen LogP contribution in [0.2, 0.25) is 0 Å². The zero-order valence-corrected chi connectivity index (χ0v) is 15.8. The standard InChI is InChI=1S/C20H28N2O4/c1-20(2,3)26-19(24)22-11-7-10-16-12-21(13-17(16)22)18(23)25-14-15-8-5-4-6-9-15/h4-6,8-9,16-17H,7,10-14H2,1-3H3/t16-,17+/m1/s1. The van der Waals surface area contributed by atoms with Crippen molar-refractivity contribution in [3.63, 3.8) is 0 Å². The number of hydrogen-bond acceptors (Lipinski definition) is 4. The van der Waals surface area contributed by atoms with Crippen LogP contribution in [0.15, 0.2) is 30.3 Å². The van der Waals surface area contributed by atoms with E-state index in [1.165, 1.54) is 0 Å². The third-order valence-electron chi connectivity index (χ3n) is 4.87. The molecule has 0 unspecified atom stereocenters. The van der Waals surface area contributed by atoms with Crippen LogP contribution in [0.1, 0.15) is 39.2 Å². The van der Waals surface area contributed by atoms with Gasteiger partial charge in [0.05, 0.1) is 6.04 Å². The molecule has 6 nitrogen and oxygen atoms in total. The molecule has 2 saturated heterocycles. The summed E-state index contributed by atoms with van der Waals surface area (Å²) in [5.41, 5.74) is 0.449. The Kier molecular flexibility index (Phi) is 5.39. The Labute approximate surface area is 155 Å². The number of benzene rings is 1. The van der Waals surface area contributed by atoms with Gasteiger partial charge in [0.25, 0.3) is 0 Å². The number of likely N-dealkylation sites (tertiary alicyclic amines) is 2. The van der Waals surface area contributed by atoms with Crippen LogP contribution in [-0.4, -0.2) is 53.3 Å². The van der Waals surface area contributed by atoms with Crippen LogP contribution in [0.4, 0.5) is 9.59 Å².